The smallest absolute Gasteiger partial charge is 0.338 e. The van der Waals surface area contributed by atoms with Crippen molar-refractivity contribution in [3.63, 3.8) is 0 Å². The van der Waals surface area contributed by atoms with E-state index in [1.807, 2.05) is 0 Å². The van der Waals surface area contributed by atoms with Crippen LogP contribution in [0.2, 0.25) is 0 Å². The van der Waals surface area contributed by atoms with E-state index in [-0.39, 0.29) is 17.9 Å². The van der Waals surface area contributed by atoms with Crippen LogP contribution in [-0.4, -0.2) is 20.6 Å². The Labute approximate surface area is 141 Å². The molecule has 0 unspecified atom stereocenters. The molecule has 5 nitrogen and oxygen atoms in total. The summed E-state index contributed by atoms with van der Waals surface area (Å²) >= 11 is 3.19. The molecule has 2 rings (SSSR count). The Morgan fingerprint density at radius 3 is 2.65 bits per heavy atom. The Morgan fingerprint density at radius 2 is 2.00 bits per heavy atom. The predicted octanol–water partition coefficient (Wildman–Crippen LogP) is 3.32. The molecule has 0 heterocycles. The van der Waals surface area contributed by atoms with E-state index in [0.29, 0.717) is 10.0 Å². The zero-order valence-corrected chi connectivity index (χ0v) is 14.4. The molecule has 2 aromatic rings. The SMILES string of the molecule is CS(=O)(=O)Nc1cccc(C(=O)OCc2ccc(F)cc2Br)c1. The van der Waals surface area contributed by atoms with Gasteiger partial charge in [0.25, 0.3) is 0 Å². The van der Waals surface area contributed by atoms with E-state index in [9.17, 15) is 17.6 Å². The van der Waals surface area contributed by atoms with Crippen molar-refractivity contribution in [2.75, 3.05) is 11.0 Å². The van der Waals surface area contributed by atoms with E-state index in [2.05, 4.69) is 20.7 Å². The van der Waals surface area contributed by atoms with Gasteiger partial charge < -0.3 is 4.74 Å². The second-order valence-electron chi connectivity index (χ2n) is 4.77. The molecule has 2 aromatic carbocycles. The summed E-state index contributed by atoms with van der Waals surface area (Å²) < 4.78 is 43.3. The fraction of sp³-hybridized carbons (Fsp3) is 0.133. The first-order chi connectivity index (χ1) is 10.7. The quantitative estimate of drug-likeness (QED) is 0.779. The topological polar surface area (TPSA) is 72.5 Å². The van der Waals surface area contributed by atoms with Gasteiger partial charge in [-0.25, -0.2) is 17.6 Å². The number of carbonyl (C=O) groups excluding carboxylic acids is 1. The first-order valence-electron chi connectivity index (χ1n) is 6.43. The number of hydrogen-bond donors (Lipinski definition) is 1. The van der Waals surface area contributed by atoms with Gasteiger partial charge in [-0.3, -0.25) is 4.72 Å². The van der Waals surface area contributed by atoms with Crippen LogP contribution in [-0.2, 0) is 21.4 Å². The molecule has 0 spiro atoms. The molecule has 0 aliphatic carbocycles. The average molecular weight is 402 g/mol. The number of hydrogen-bond acceptors (Lipinski definition) is 4. The summed E-state index contributed by atoms with van der Waals surface area (Å²) in [5.74, 6) is -1.01. The molecular weight excluding hydrogens is 389 g/mol. The van der Waals surface area contributed by atoms with E-state index in [1.165, 1.54) is 42.5 Å². The molecule has 122 valence electrons. The molecule has 0 bridgehead atoms. The molecule has 0 fully saturated rings. The second-order valence-corrected chi connectivity index (χ2v) is 7.37. The van der Waals surface area contributed by atoms with Crippen molar-refractivity contribution in [3.05, 3.63) is 63.9 Å². The lowest BCUT2D eigenvalue weighted by Crippen LogP contribution is -2.11. The van der Waals surface area contributed by atoms with Crippen molar-refractivity contribution in [3.8, 4) is 0 Å². The highest BCUT2D eigenvalue weighted by Crippen LogP contribution is 2.20. The summed E-state index contributed by atoms with van der Waals surface area (Å²) in [5.41, 5.74) is 1.09. The molecule has 0 aliphatic heterocycles. The fourth-order valence-corrected chi connectivity index (χ4v) is 2.81. The van der Waals surface area contributed by atoms with Gasteiger partial charge >= 0.3 is 5.97 Å². The third kappa shape index (κ3) is 5.33. The standard InChI is InChI=1S/C15H13BrFNO4S/c1-23(20,21)18-13-4-2-3-10(7-13)15(19)22-9-11-5-6-12(17)8-14(11)16/h2-8,18H,9H2,1H3. The number of carbonyl (C=O) groups is 1. The fourth-order valence-electron chi connectivity index (χ4n) is 1.79. The molecule has 0 atom stereocenters. The van der Waals surface area contributed by atoms with Crippen LogP contribution >= 0.6 is 15.9 Å². The van der Waals surface area contributed by atoms with Crippen molar-refractivity contribution in [1.82, 2.24) is 0 Å². The summed E-state index contributed by atoms with van der Waals surface area (Å²) in [4.78, 5) is 12.0. The molecule has 0 aromatic heterocycles. The maximum atomic E-state index is 13.0. The molecular formula is C15H13BrFNO4S. The van der Waals surface area contributed by atoms with Crippen LogP contribution in [0, 0.1) is 5.82 Å². The lowest BCUT2D eigenvalue weighted by Gasteiger charge is -2.08. The van der Waals surface area contributed by atoms with E-state index in [4.69, 9.17) is 4.74 Å². The van der Waals surface area contributed by atoms with Gasteiger partial charge in [0.05, 0.1) is 11.8 Å². The minimum Gasteiger partial charge on any atom is -0.457 e. The van der Waals surface area contributed by atoms with Crippen LogP contribution in [0.3, 0.4) is 0 Å². The Balaban J connectivity index is 2.07. The number of sulfonamides is 1. The summed E-state index contributed by atoms with van der Waals surface area (Å²) in [5, 5.41) is 0. The maximum Gasteiger partial charge on any atom is 0.338 e. The van der Waals surface area contributed by atoms with Crippen LogP contribution in [0.1, 0.15) is 15.9 Å². The molecule has 23 heavy (non-hydrogen) atoms. The minimum absolute atomic E-state index is 0.0383. The first kappa shape index (κ1) is 17.4. The first-order valence-corrected chi connectivity index (χ1v) is 9.12. The van der Waals surface area contributed by atoms with Crippen LogP contribution in [0.4, 0.5) is 10.1 Å². The van der Waals surface area contributed by atoms with Gasteiger partial charge in [-0.1, -0.05) is 28.1 Å². The van der Waals surface area contributed by atoms with E-state index < -0.39 is 21.8 Å². The highest BCUT2D eigenvalue weighted by molar-refractivity contribution is 9.10. The molecule has 0 amide bonds. The van der Waals surface area contributed by atoms with E-state index in [0.717, 1.165) is 6.26 Å². The number of rotatable bonds is 5. The van der Waals surface area contributed by atoms with Gasteiger partial charge in [0.2, 0.25) is 10.0 Å². The highest BCUT2D eigenvalue weighted by atomic mass is 79.9. The molecule has 0 saturated carbocycles. The zero-order valence-electron chi connectivity index (χ0n) is 12.0. The third-order valence-electron chi connectivity index (χ3n) is 2.78. The lowest BCUT2D eigenvalue weighted by atomic mass is 10.2. The van der Waals surface area contributed by atoms with E-state index >= 15 is 0 Å². The van der Waals surface area contributed by atoms with Crippen molar-refractivity contribution >= 4 is 37.6 Å². The normalized spacial score (nSPS) is 11.1. The lowest BCUT2D eigenvalue weighted by molar-refractivity contribution is 0.0472. The van der Waals surface area contributed by atoms with Gasteiger partial charge in [-0.05, 0) is 30.3 Å². The van der Waals surface area contributed by atoms with Gasteiger partial charge in [-0.15, -0.1) is 0 Å². The Morgan fingerprint density at radius 1 is 1.26 bits per heavy atom. The maximum absolute atomic E-state index is 13.0. The average Bonchev–Trinajstić information content (AvgIpc) is 2.44. The Kier molecular flexibility index (Phi) is 5.38. The number of benzene rings is 2. The molecule has 0 aliphatic rings. The zero-order chi connectivity index (χ0) is 17.0. The summed E-state index contributed by atoms with van der Waals surface area (Å²) in [6.07, 6.45) is 1.02. The summed E-state index contributed by atoms with van der Waals surface area (Å²) in [6, 6.07) is 10.0. The predicted molar refractivity (Wildman–Crippen MR) is 88.1 cm³/mol. The highest BCUT2D eigenvalue weighted by Gasteiger charge is 2.11. The Bertz CT molecular complexity index is 839. The monoisotopic (exact) mass is 401 g/mol. The minimum atomic E-state index is -3.43. The molecule has 1 N–H and O–H groups in total. The van der Waals surface area contributed by atoms with Gasteiger partial charge in [-0.2, -0.15) is 0 Å². The number of ether oxygens (including phenoxy) is 1. The van der Waals surface area contributed by atoms with Gasteiger partial charge in [0.15, 0.2) is 0 Å². The third-order valence-corrected chi connectivity index (χ3v) is 4.12. The number of nitrogens with one attached hydrogen (secondary N) is 1. The second kappa shape index (κ2) is 7.10. The van der Waals surface area contributed by atoms with Crippen molar-refractivity contribution in [1.29, 1.82) is 0 Å². The van der Waals surface area contributed by atoms with Crippen molar-refractivity contribution in [2.45, 2.75) is 6.61 Å². The number of anilines is 1. The van der Waals surface area contributed by atoms with Crippen molar-refractivity contribution in [2.24, 2.45) is 0 Å². The van der Waals surface area contributed by atoms with Crippen LogP contribution in [0.25, 0.3) is 0 Å². The largest absolute Gasteiger partial charge is 0.457 e. The van der Waals surface area contributed by atoms with Crippen LogP contribution in [0.5, 0.6) is 0 Å². The van der Waals surface area contributed by atoms with Crippen molar-refractivity contribution < 1.29 is 22.3 Å². The van der Waals surface area contributed by atoms with E-state index in [1.54, 1.807) is 0 Å². The molecule has 0 radical (unpaired) electrons. The van der Waals surface area contributed by atoms with Crippen LogP contribution in [0.15, 0.2) is 46.9 Å². The Hall–Kier alpha value is -1.93. The molecule has 8 heteroatoms. The molecule has 0 saturated heterocycles. The number of esters is 1. The number of halogens is 2. The summed E-state index contributed by atoms with van der Waals surface area (Å²) in [7, 11) is -3.43. The summed E-state index contributed by atoms with van der Waals surface area (Å²) in [6.45, 7) is -0.0383. The van der Waals surface area contributed by atoms with Gasteiger partial charge in [0, 0.05) is 15.7 Å². The van der Waals surface area contributed by atoms with Crippen LogP contribution < -0.4 is 4.72 Å². The van der Waals surface area contributed by atoms with Gasteiger partial charge in [0.1, 0.15) is 12.4 Å².